The lowest BCUT2D eigenvalue weighted by molar-refractivity contribution is 0.145. The Morgan fingerprint density at radius 3 is 2.66 bits per heavy atom. The van der Waals surface area contributed by atoms with Crippen LogP contribution < -0.4 is 9.47 Å². The molecule has 0 aliphatic rings. The Morgan fingerprint density at radius 1 is 1.10 bits per heavy atom. The number of nitrogens with one attached hydrogen (secondary N) is 1. The Labute approximate surface area is 175 Å². The Kier molecular flexibility index (Phi) is 5.29. The third kappa shape index (κ3) is 3.38. The summed E-state index contributed by atoms with van der Waals surface area (Å²) in [6, 6.07) is 9.12. The van der Waals surface area contributed by atoms with Gasteiger partial charge in [-0.25, -0.2) is 4.98 Å². The molecule has 0 fully saturated rings. The van der Waals surface area contributed by atoms with Gasteiger partial charge in [0.25, 0.3) is 0 Å². The zero-order valence-electron chi connectivity index (χ0n) is 16.2. The Balaban J connectivity index is 2.07. The molecule has 2 aromatic carbocycles. The number of aryl methyl sites for hydroxylation is 1. The standard InChI is InChI=1S/C21H20BrN3O4/c1-11-17-18-13(5-7-16(28-3)20(18)29-9-8-27-2)19(23-21(17)25-24-11)12-4-6-15(26)14(22)10-12/h4-7,10,26H,8-9H2,1-3H3,(H,23,24,25). The Bertz CT molecular complexity index is 1210. The molecule has 0 amide bonds. The van der Waals surface area contributed by atoms with E-state index in [1.165, 1.54) is 0 Å². The summed E-state index contributed by atoms with van der Waals surface area (Å²) in [4.78, 5) is 4.79. The van der Waals surface area contributed by atoms with Crippen molar-refractivity contribution in [2.45, 2.75) is 6.92 Å². The number of aromatic nitrogens is 3. The topological polar surface area (TPSA) is 89.5 Å². The highest BCUT2D eigenvalue weighted by molar-refractivity contribution is 9.10. The van der Waals surface area contributed by atoms with Gasteiger partial charge in [0.2, 0.25) is 0 Å². The van der Waals surface area contributed by atoms with Crippen molar-refractivity contribution >= 4 is 37.7 Å². The number of hydrogen-bond donors (Lipinski definition) is 2. The highest BCUT2D eigenvalue weighted by Crippen LogP contribution is 2.43. The number of hydrogen-bond acceptors (Lipinski definition) is 6. The molecule has 0 spiro atoms. The molecule has 8 heteroatoms. The number of pyridine rings is 1. The second-order valence-electron chi connectivity index (χ2n) is 6.53. The van der Waals surface area contributed by atoms with E-state index in [0.29, 0.717) is 34.8 Å². The van der Waals surface area contributed by atoms with Crippen molar-refractivity contribution in [1.29, 1.82) is 0 Å². The third-order valence-electron chi connectivity index (χ3n) is 4.75. The van der Waals surface area contributed by atoms with Gasteiger partial charge in [-0.05, 0) is 53.2 Å². The van der Waals surface area contributed by atoms with Crippen molar-refractivity contribution in [3.8, 4) is 28.5 Å². The van der Waals surface area contributed by atoms with E-state index in [9.17, 15) is 5.11 Å². The molecular formula is C21H20BrN3O4. The molecular weight excluding hydrogens is 438 g/mol. The number of H-pyrrole nitrogens is 1. The summed E-state index contributed by atoms with van der Waals surface area (Å²) in [5.74, 6) is 1.41. The lowest BCUT2D eigenvalue weighted by Crippen LogP contribution is -2.06. The summed E-state index contributed by atoms with van der Waals surface area (Å²) in [6.45, 7) is 2.79. The van der Waals surface area contributed by atoms with Crippen LogP contribution in [0.5, 0.6) is 17.2 Å². The summed E-state index contributed by atoms with van der Waals surface area (Å²) < 4.78 is 17.4. The van der Waals surface area contributed by atoms with E-state index in [4.69, 9.17) is 19.2 Å². The molecule has 2 heterocycles. The summed E-state index contributed by atoms with van der Waals surface area (Å²) in [6.07, 6.45) is 0. The molecule has 150 valence electrons. The first-order chi connectivity index (χ1) is 14.0. The SMILES string of the molecule is COCCOc1c(OC)ccc2c(-c3ccc(O)c(Br)c3)nc3n[nH]c(C)c3c12. The fourth-order valence-electron chi connectivity index (χ4n) is 3.38. The Morgan fingerprint density at radius 2 is 1.93 bits per heavy atom. The van der Waals surface area contributed by atoms with Gasteiger partial charge in [-0.15, -0.1) is 0 Å². The number of phenols is 1. The summed E-state index contributed by atoms with van der Waals surface area (Å²) in [5.41, 5.74) is 3.05. The van der Waals surface area contributed by atoms with Gasteiger partial charge in [-0.1, -0.05) is 0 Å². The number of ether oxygens (including phenoxy) is 3. The minimum absolute atomic E-state index is 0.167. The minimum atomic E-state index is 0.167. The third-order valence-corrected chi connectivity index (χ3v) is 5.38. The number of methoxy groups -OCH3 is 2. The fourth-order valence-corrected chi connectivity index (χ4v) is 3.76. The van der Waals surface area contributed by atoms with Crippen LogP contribution >= 0.6 is 15.9 Å². The number of benzene rings is 2. The first-order valence-electron chi connectivity index (χ1n) is 9.01. The normalized spacial score (nSPS) is 11.3. The van der Waals surface area contributed by atoms with Crippen LogP contribution in [0.25, 0.3) is 33.1 Å². The summed E-state index contributed by atoms with van der Waals surface area (Å²) in [5, 5.41) is 19.9. The van der Waals surface area contributed by atoms with Crippen LogP contribution in [0, 0.1) is 6.92 Å². The number of rotatable bonds is 6. The van der Waals surface area contributed by atoms with Crippen molar-refractivity contribution in [3.63, 3.8) is 0 Å². The summed E-state index contributed by atoms with van der Waals surface area (Å²) >= 11 is 3.38. The van der Waals surface area contributed by atoms with Crippen molar-refractivity contribution in [2.24, 2.45) is 0 Å². The lowest BCUT2D eigenvalue weighted by atomic mass is 9.99. The summed E-state index contributed by atoms with van der Waals surface area (Å²) in [7, 11) is 3.25. The molecule has 29 heavy (non-hydrogen) atoms. The molecule has 0 unspecified atom stereocenters. The zero-order valence-corrected chi connectivity index (χ0v) is 17.8. The van der Waals surface area contributed by atoms with E-state index in [1.807, 2.05) is 31.2 Å². The fraction of sp³-hybridized carbons (Fsp3) is 0.238. The number of aromatic amines is 1. The molecule has 0 saturated heterocycles. The zero-order chi connectivity index (χ0) is 20.5. The molecule has 0 aliphatic carbocycles. The number of nitrogens with zero attached hydrogens (tertiary/aromatic N) is 2. The number of phenolic OH excluding ortho intramolecular Hbond substituents is 1. The van der Waals surface area contributed by atoms with Crippen molar-refractivity contribution in [1.82, 2.24) is 15.2 Å². The van der Waals surface area contributed by atoms with E-state index >= 15 is 0 Å². The van der Waals surface area contributed by atoms with E-state index in [-0.39, 0.29) is 5.75 Å². The first-order valence-corrected chi connectivity index (χ1v) is 9.80. The monoisotopic (exact) mass is 457 g/mol. The molecule has 0 radical (unpaired) electrons. The van der Waals surface area contributed by atoms with E-state index < -0.39 is 0 Å². The molecule has 0 saturated carbocycles. The predicted molar refractivity (Wildman–Crippen MR) is 115 cm³/mol. The lowest BCUT2D eigenvalue weighted by Gasteiger charge is -2.16. The highest BCUT2D eigenvalue weighted by atomic mass is 79.9. The van der Waals surface area contributed by atoms with Gasteiger partial charge in [0.15, 0.2) is 17.1 Å². The van der Waals surface area contributed by atoms with Gasteiger partial charge < -0.3 is 19.3 Å². The van der Waals surface area contributed by atoms with Gasteiger partial charge in [0.1, 0.15) is 12.4 Å². The van der Waals surface area contributed by atoms with Crippen LogP contribution in [0.15, 0.2) is 34.8 Å². The van der Waals surface area contributed by atoms with Crippen molar-refractivity contribution in [3.05, 3.63) is 40.5 Å². The van der Waals surface area contributed by atoms with E-state index in [1.54, 1.807) is 20.3 Å². The molecule has 0 atom stereocenters. The van der Waals surface area contributed by atoms with Gasteiger partial charge in [0, 0.05) is 29.1 Å². The number of fused-ring (bicyclic) bond motifs is 3. The van der Waals surface area contributed by atoms with Crippen LogP contribution in [0.3, 0.4) is 0 Å². The predicted octanol–water partition coefficient (Wildman–Crippen LogP) is 4.59. The maximum Gasteiger partial charge on any atom is 0.182 e. The second kappa shape index (κ2) is 7.88. The van der Waals surface area contributed by atoms with Crippen molar-refractivity contribution in [2.75, 3.05) is 27.4 Å². The molecule has 0 aliphatic heterocycles. The number of halogens is 1. The van der Waals surface area contributed by atoms with Gasteiger partial charge in [-0.3, -0.25) is 5.10 Å². The number of aromatic hydroxyl groups is 1. The molecule has 7 nitrogen and oxygen atoms in total. The largest absolute Gasteiger partial charge is 0.507 e. The van der Waals surface area contributed by atoms with Crippen molar-refractivity contribution < 1.29 is 19.3 Å². The first kappa shape index (κ1) is 19.5. The van der Waals surface area contributed by atoms with Crippen LogP contribution in [0.1, 0.15) is 5.69 Å². The average Bonchev–Trinajstić information content (AvgIpc) is 3.10. The quantitative estimate of drug-likeness (QED) is 0.411. The maximum atomic E-state index is 9.88. The highest BCUT2D eigenvalue weighted by Gasteiger charge is 2.21. The van der Waals surface area contributed by atoms with Gasteiger partial charge in [0.05, 0.1) is 29.3 Å². The second-order valence-corrected chi connectivity index (χ2v) is 7.39. The van der Waals surface area contributed by atoms with Gasteiger partial charge in [-0.2, -0.15) is 5.10 Å². The Hall–Kier alpha value is -2.84. The smallest absolute Gasteiger partial charge is 0.182 e. The molecule has 4 aromatic rings. The van der Waals surface area contributed by atoms with Crippen LogP contribution in [-0.2, 0) is 4.74 Å². The molecule has 2 aromatic heterocycles. The van der Waals surface area contributed by atoms with E-state index in [0.717, 1.165) is 33.1 Å². The van der Waals surface area contributed by atoms with Crippen LogP contribution in [0.2, 0.25) is 0 Å². The molecule has 4 rings (SSSR count). The average molecular weight is 458 g/mol. The van der Waals surface area contributed by atoms with Crippen LogP contribution in [-0.4, -0.2) is 47.7 Å². The van der Waals surface area contributed by atoms with Gasteiger partial charge >= 0.3 is 0 Å². The molecule has 0 bridgehead atoms. The van der Waals surface area contributed by atoms with Crippen LogP contribution in [0.4, 0.5) is 0 Å². The maximum absolute atomic E-state index is 9.88. The van der Waals surface area contributed by atoms with E-state index in [2.05, 4.69) is 26.1 Å². The molecule has 2 N–H and O–H groups in total. The minimum Gasteiger partial charge on any atom is -0.507 e.